The van der Waals surface area contributed by atoms with Gasteiger partial charge < -0.3 is 20.1 Å². The summed E-state index contributed by atoms with van der Waals surface area (Å²) in [5.41, 5.74) is 4.86. The van der Waals surface area contributed by atoms with Crippen molar-refractivity contribution < 1.29 is 23.9 Å². The molecule has 2 amide bonds. The number of carbonyl (C=O) groups is 3. The Kier molecular flexibility index (Phi) is 9.20. The lowest BCUT2D eigenvalue weighted by Crippen LogP contribution is -2.59. The zero-order chi connectivity index (χ0) is 30.2. The third-order valence-electron chi connectivity index (χ3n) is 8.03. The fourth-order valence-corrected chi connectivity index (χ4v) is 5.36. The van der Waals surface area contributed by atoms with Crippen LogP contribution >= 0.6 is 0 Å². The first-order valence-electron chi connectivity index (χ1n) is 14.6. The van der Waals surface area contributed by atoms with Crippen LogP contribution in [0.25, 0.3) is 11.1 Å². The zero-order valence-electron chi connectivity index (χ0n) is 24.4. The number of nitrogens with one attached hydrogen (secondary N) is 2. The maximum Gasteiger partial charge on any atom is 0.408 e. The molecule has 5 rings (SSSR count). The van der Waals surface area contributed by atoms with Gasteiger partial charge >= 0.3 is 12.1 Å². The van der Waals surface area contributed by atoms with E-state index < -0.39 is 29.6 Å². The first-order chi connectivity index (χ1) is 20.9. The maximum absolute atomic E-state index is 13.6. The van der Waals surface area contributed by atoms with E-state index in [4.69, 9.17) is 9.47 Å². The second kappa shape index (κ2) is 13.4. The van der Waals surface area contributed by atoms with E-state index in [1.165, 1.54) is 0 Å². The van der Waals surface area contributed by atoms with Gasteiger partial charge in [-0.2, -0.15) is 0 Å². The van der Waals surface area contributed by atoms with Crippen molar-refractivity contribution in [2.75, 3.05) is 6.61 Å². The van der Waals surface area contributed by atoms with Gasteiger partial charge in [-0.3, -0.25) is 4.79 Å². The lowest BCUT2D eigenvalue weighted by Gasteiger charge is -2.30. The average molecular weight is 577 g/mol. The maximum atomic E-state index is 13.6. The second-order valence-electron chi connectivity index (χ2n) is 10.9. The molecule has 0 bridgehead atoms. The van der Waals surface area contributed by atoms with Gasteiger partial charge in [0.25, 0.3) is 0 Å². The van der Waals surface area contributed by atoms with Crippen LogP contribution in [0.4, 0.5) is 4.79 Å². The van der Waals surface area contributed by atoms with Crippen LogP contribution in [0.3, 0.4) is 0 Å². The summed E-state index contributed by atoms with van der Waals surface area (Å²) >= 11 is 0. The topological polar surface area (TPSA) is 93.7 Å². The summed E-state index contributed by atoms with van der Waals surface area (Å²) in [6.07, 6.45) is -0.182. The summed E-state index contributed by atoms with van der Waals surface area (Å²) in [5.74, 6) is -1.16. The Morgan fingerprint density at radius 3 is 1.86 bits per heavy atom. The highest BCUT2D eigenvalue weighted by molar-refractivity contribution is 5.92. The molecular formula is C36H36N2O5. The van der Waals surface area contributed by atoms with E-state index in [-0.39, 0.29) is 32.0 Å². The van der Waals surface area contributed by atoms with Crippen molar-refractivity contribution in [2.45, 2.75) is 50.8 Å². The molecule has 0 unspecified atom stereocenters. The van der Waals surface area contributed by atoms with Crippen LogP contribution in [-0.2, 0) is 32.1 Å². The predicted octanol–water partition coefficient (Wildman–Crippen LogP) is 6.16. The molecule has 2 N–H and O–H groups in total. The Morgan fingerprint density at radius 1 is 0.744 bits per heavy atom. The number of carbonyl (C=O) groups excluding carboxylic acids is 3. The van der Waals surface area contributed by atoms with E-state index in [0.717, 1.165) is 33.4 Å². The fraction of sp³-hybridized carbons (Fsp3) is 0.250. The van der Waals surface area contributed by atoms with E-state index in [2.05, 4.69) is 34.9 Å². The molecule has 0 radical (unpaired) electrons. The Morgan fingerprint density at radius 2 is 1.28 bits per heavy atom. The number of benzene rings is 4. The molecule has 4 aromatic carbocycles. The van der Waals surface area contributed by atoms with Gasteiger partial charge in [-0.25, -0.2) is 9.59 Å². The molecule has 0 aliphatic heterocycles. The van der Waals surface area contributed by atoms with Gasteiger partial charge in [-0.15, -0.1) is 0 Å². The fourth-order valence-electron chi connectivity index (χ4n) is 5.36. The monoisotopic (exact) mass is 576 g/mol. The first kappa shape index (κ1) is 29.6. The number of hydrogen-bond acceptors (Lipinski definition) is 5. The molecule has 0 fully saturated rings. The Hall–Kier alpha value is -4.91. The summed E-state index contributed by atoms with van der Waals surface area (Å²) < 4.78 is 11.3. The lowest BCUT2D eigenvalue weighted by molar-refractivity contribution is -0.149. The molecular weight excluding hydrogens is 540 g/mol. The Labute approximate surface area is 252 Å². The third kappa shape index (κ3) is 6.95. The summed E-state index contributed by atoms with van der Waals surface area (Å²) in [6.45, 7) is 3.63. The lowest BCUT2D eigenvalue weighted by atomic mass is 9.96. The molecule has 1 aliphatic carbocycles. The van der Waals surface area contributed by atoms with Crippen LogP contribution in [0.1, 0.15) is 48.4 Å². The normalized spacial score (nSPS) is 14.0. The van der Waals surface area contributed by atoms with Crippen molar-refractivity contribution in [3.63, 3.8) is 0 Å². The number of rotatable bonds is 11. The van der Waals surface area contributed by atoms with Crippen molar-refractivity contribution in [1.29, 1.82) is 0 Å². The van der Waals surface area contributed by atoms with Gasteiger partial charge in [-0.05, 0) is 46.7 Å². The van der Waals surface area contributed by atoms with Crippen LogP contribution < -0.4 is 10.6 Å². The highest BCUT2D eigenvalue weighted by Gasteiger charge is 2.37. The summed E-state index contributed by atoms with van der Waals surface area (Å²) in [7, 11) is 0. The van der Waals surface area contributed by atoms with Crippen molar-refractivity contribution in [2.24, 2.45) is 0 Å². The van der Waals surface area contributed by atoms with Crippen LogP contribution in [0.15, 0.2) is 109 Å². The molecule has 0 spiro atoms. The van der Waals surface area contributed by atoms with E-state index in [0.29, 0.717) is 0 Å². The minimum atomic E-state index is -1.32. The SMILES string of the molecule is CC[C@](C)(NC(=O)OCC1c2ccccc2-c2ccccc21)C(=O)N[C@@H](Cc1ccccc1)C(=O)OCc1ccccc1. The Bertz CT molecular complexity index is 1530. The highest BCUT2D eigenvalue weighted by atomic mass is 16.5. The Balaban J connectivity index is 1.24. The summed E-state index contributed by atoms with van der Waals surface area (Å²) in [6, 6.07) is 34.0. The van der Waals surface area contributed by atoms with Crippen molar-refractivity contribution in [3.05, 3.63) is 131 Å². The molecule has 220 valence electrons. The first-order valence-corrected chi connectivity index (χ1v) is 14.6. The van der Waals surface area contributed by atoms with Gasteiger partial charge in [-0.1, -0.05) is 116 Å². The van der Waals surface area contributed by atoms with Crippen LogP contribution in [-0.4, -0.2) is 36.2 Å². The molecule has 7 heteroatoms. The third-order valence-corrected chi connectivity index (χ3v) is 8.03. The highest BCUT2D eigenvalue weighted by Crippen LogP contribution is 2.44. The number of amides is 2. The smallest absolute Gasteiger partial charge is 0.408 e. The van der Waals surface area contributed by atoms with Gasteiger partial charge in [0.05, 0.1) is 0 Å². The molecule has 1 aliphatic rings. The number of esters is 1. The zero-order valence-corrected chi connectivity index (χ0v) is 24.4. The van der Waals surface area contributed by atoms with E-state index >= 15 is 0 Å². The van der Waals surface area contributed by atoms with Gasteiger partial charge in [0.15, 0.2) is 0 Å². The number of hydrogen-bond donors (Lipinski definition) is 2. The number of fused-ring (bicyclic) bond motifs is 3. The van der Waals surface area contributed by atoms with Crippen LogP contribution in [0.5, 0.6) is 0 Å². The molecule has 2 atom stereocenters. The summed E-state index contributed by atoms with van der Waals surface area (Å²) in [5, 5.41) is 5.59. The number of ether oxygens (including phenoxy) is 2. The molecule has 43 heavy (non-hydrogen) atoms. The van der Waals surface area contributed by atoms with E-state index in [9.17, 15) is 14.4 Å². The predicted molar refractivity (Wildman–Crippen MR) is 165 cm³/mol. The van der Waals surface area contributed by atoms with Crippen molar-refractivity contribution in [3.8, 4) is 11.1 Å². The van der Waals surface area contributed by atoms with Crippen molar-refractivity contribution >= 4 is 18.0 Å². The van der Waals surface area contributed by atoms with Crippen LogP contribution in [0.2, 0.25) is 0 Å². The largest absolute Gasteiger partial charge is 0.459 e. The second-order valence-corrected chi connectivity index (χ2v) is 10.9. The molecule has 0 saturated carbocycles. The number of alkyl carbamates (subject to hydrolysis) is 1. The quantitative estimate of drug-likeness (QED) is 0.209. The molecule has 0 heterocycles. The molecule has 7 nitrogen and oxygen atoms in total. The van der Waals surface area contributed by atoms with Gasteiger partial charge in [0, 0.05) is 12.3 Å². The van der Waals surface area contributed by atoms with Gasteiger partial charge in [0.1, 0.15) is 24.8 Å². The van der Waals surface area contributed by atoms with E-state index in [1.54, 1.807) is 13.8 Å². The van der Waals surface area contributed by atoms with Gasteiger partial charge in [0.2, 0.25) is 5.91 Å². The molecule has 0 saturated heterocycles. The van der Waals surface area contributed by atoms with Crippen molar-refractivity contribution in [1.82, 2.24) is 10.6 Å². The average Bonchev–Trinajstić information content (AvgIpc) is 3.36. The minimum absolute atomic E-state index is 0.0872. The molecule has 0 aromatic heterocycles. The van der Waals surface area contributed by atoms with E-state index in [1.807, 2.05) is 84.9 Å². The van der Waals surface area contributed by atoms with Crippen LogP contribution in [0, 0.1) is 0 Å². The molecule has 4 aromatic rings. The standard InChI is InChI=1S/C36H36N2O5/c1-3-36(2,38-35(41)43-24-31-29-20-12-10-18-27(29)28-19-11-13-21-30(28)31)34(40)37-32(22-25-14-6-4-7-15-25)33(39)42-23-26-16-8-5-9-17-26/h4-21,31-32H,3,22-24H2,1-2H3,(H,37,40)(H,38,41)/t32-,36-/m0/s1. The summed E-state index contributed by atoms with van der Waals surface area (Å²) in [4.78, 5) is 39.9. The minimum Gasteiger partial charge on any atom is -0.459 e.